The van der Waals surface area contributed by atoms with Gasteiger partial charge in [0.1, 0.15) is 17.7 Å². The molecule has 0 saturated heterocycles. The third-order valence-corrected chi connectivity index (χ3v) is 4.23. The summed E-state index contributed by atoms with van der Waals surface area (Å²) in [4.78, 5) is 4.02. The standard InChI is InChI=1S/C19H23FNO2Si/c1-2-3-4-10-18(20)17(14-22-15-8-7-12-21-13-15)16-9-5-6-11-19(16)23-24/h5-9,11-13,17-18H,2-4,10,14H2,1H3. The van der Waals surface area contributed by atoms with Gasteiger partial charge < -0.3 is 9.16 Å². The summed E-state index contributed by atoms with van der Waals surface area (Å²) in [6.45, 7) is 2.36. The fourth-order valence-electron chi connectivity index (χ4n) is 2.68. The van der Waals surface area contributed by atoms with Gasteiger partial charge in [-0.2, -0.15) is 0 Å². The van der Waals surface area contributed by atoms with Gasteiger partial charge in [-0.3, -0.25) is 4.98 Å². The van der Waals surface area contributed by atoms with Crippen molar-refractivity contribution in [3.63, 3.8) is 0 Å². The quantitative estimate of drug-likeness (QED) is 0.465. The average Bonchev–Trinajstić information content (AvgIpc) is 2.63. The molecule has 24 heavy (non-hydrogen) atoms. The van der Waals surface area contributed by atoms with Gasteiger partial charge in [0.05, 0.1) is 18.7 Å². The van der Waals surface area contributed by atoms with E-state index in [2.05, 4.69) is 22.4 Å². The highest BCUT2D eigenvalue weighted by atomic mass is 28.2. The van der Waals surface area contributed by atoms with Crippen molar-refractivity contribution >= 4 is 10.5 Å². The summed E-state index contributed by atoms with van der Waals surface area (Å²) in [5, 5.41) is 0. The summed E-state index contributed by atoms with van der Waals surface area (Å²) < 4.78 is 25.9. The van der Waals surface area contributed by atoms with Crippen LogP contribution in [0.15, 0.2) is 48.8 Å². The third-order valence-electron chi connectivity index (χ3n) is 4.01. The van der Waals surface area contributed by atoms with Crippen molar-refractivity contribution in [2.24, 2.45) is 0 Å². The Kier molecular flexibility index (Phi) is 7.75. The summed E-state index contributed by atoms with van der Waals surface area (Å²) in [5.74, 6) is 0.863. The Bertz CT molecular complexity index is 597. The van der Waals surface area contributed by atoms with Crippen LogP contribution in [0.4, 0.5) is 4.39 Å². The molecule has 127 valence electrons. The number of nitrogens with zero attached hydrogens (tertiary/aromatic N) is 1. The summed E-state index contributed by atoms with van der Waals surface area (Å²) in [6, 6.07) is 11.1. The molecule has 0 aliphatic rings. The van der Waals surface area contributed by atoms with E-state index >= 15 is 0 Å². The number of aromatic nitrogens is 1. The first-order valence-electron chi connectivity index (χ1n) is 8.35. The molecule has 0 bridgehead atoms. The van der Waals surface area contributed by atoms with E-state index < -0.39 is 12.1 Å². The highest BCUT2D eigenvalue weighted by Crippen LogP contribution is 2.33. The Morgan fingerprint density at radius 2 is 2.00 bits per heavy atom. The monoisotopic (exact) mass is 344 g/mol. The van der Waals surface area contributed by atoms with Crippen molar-refractivity contribution in [2.45, 2.75) is 44.7 Å². The Hall–Kier alpha value is -1.88. The lowest BCUT2D eigenvalue weighted by molar-refractivity contribution is 0.188. The maximum atomic E-state index is 14.9. The second-order valence-electron chi connectivity index (χ2n) is 5.76. The molecule has 1 aromatic heterocycles. The van der Waals surface area contributed by atoms with Crippen molar-refractivity contribution in [2.75, 3.05) is 6.61 Å². The predicted octanol–water partition coefficient (Wildman–Crippen LogP) is 4.62. The lowest BCUT2D eigenvalue weighted by atomic mass is 9.91. The minimum absolute atomic E-state index is 0.242. The van der Waals surface area contributed by atoms with Crippen LogP contribution in [0.3, 0.4) is 0 Å². The molecule has 2 atom stereocenters. The zero-order valence-corrected chi connectivity index (χ0v) is 15.0. The van der Waals surface area contributed by atoms with Gasteiger partial charge in [0.15, 0.2) is 0 Å². The number of unbranched alkanes of at least 4 members (excludes halogenated alkanes) is 2. The smallest absolute Gasteiger partial charge is 0.341 e. The topological polar surface area (TPSA) is 31.4 Å². The molecule has 0 amide bonds. The molecule has 0 aliphatic heterocycles. The molecule has 2 rings (SSSR count). The van der Waals surface area contributed by atoms with E-state index in [0.717, 1.165) is 24.8 Å². The van der Waals surface area contributed by atoms with Gasteiger partial charge in [0.25, 0.3) is 0 Å². The van der Waals surface area contributed by atoms with E-state index in [1.165, 1.54) is 0 Å². The fourth-order valence-corrected chi connectivity index (χ4v) is 2.86. The van der Waals surface area contributed by atoms with Gasteiger partial charge >= 0.3 is 10.5 Å². The largest absolute Gasteiger partial charge is 0.540 e. The summed E-state index contributed by atoms with van der Waals surface area (Å²) in [5.41, 5.74) is 0.806. The van der Waals surface area contributed by atoms with Crippen LogP contribution in [0.5, 0.6) is 11.5 Å². The van der Waals surface area contributed by atoms with Crippen LogP contribution in [-0.4, -0.2) is 28.2 Å². The van der Waals surface area contributed by atoms with Crippen LogP contribution in [-0.2, 0) is 0 Å². The van der Waals surface area contributed by atoms with Gasteiger partial charge in [-0.05, 0) is 24.6 Å². The molecule has 2 aromatic rings. The first-order valence-corrected chi connectivity index (χ1v) is 8.76. The van der Waals surface area contributed by atoms with Crippen LogP contribution in [0.2, 0.25) is 0 Å². The normalized spacial score (nSPS) is 13.3. The third kappa shape index (κ3) is 5.34. The van der Waals surface area contributed by atoms with Gasteiger partial charge in [-0.25, -0.2) is 4.39 Å². The van der Waals surface area contributed by atoms with Crippen LogP contribution in [0.25, 0.3) is 0 Å². The molecule has 0 fully saturated rings. The number of hydrogen-bond donors (Lipinski definition) is 0. The average molecular weight is 344 g/mol. The second-order valence-corrected chi connectivity index (χ2v) is 5.96. The van der Waals surface area contributed by atoms with Crippen LogP contribution < -0.4 is 9.16 Å². The van der Waals surface area contributed by atoms with Crippen molar-refractivity contribution in [3.8, 4) is 11.5 Å². The number of para-hydroxylation sites is 1. The maximum absolute atomic E-state index is 14.9. The Morgan fingerprint density at radius 1 is 1.17 bits per heavy atom. The molecule has 1 heterocycles. The number of alkyl halides is 1. The van der Waals surface area contributed by atoms with Crippen LogP contribution in [0.1, 0.15) is 44.1 Å². The maximum Gasteiger partial charge on any atom is 0.341 e. The molecule has 0 spiro atoms. The van der Waals surface area contributed by atoms with Gasteiger partial charge in [0.2, 0.25) is 0 Å². The minimum atomic E-state index is -0.990. The van der Waals surface area contributed by atoms with Crippen molar-refractivity contribution < 1.29 is 13.6 Å². The van der Waals surface area contributed by atoms with E-state index in [1.54, 1.807) is 18.5 Å². The number of ether oxygens (including phenoxy) is 1. The molecule has 1 aromatic carbocycles. The highest BCUT2D eigenvalue weighted by molar-refractivity contribution is 6.00. The summed E-state index contributed by atoms with van der Waals surface area (Å²) >= 11 is 0. The van der Waals surface area contributed by atoms with Crippen LogP contribution in [0, 0.1) is 0 Å². The molecule has 0 saturated carbocycles. The van der Waals surface area contributed by atoms with E-state index in [4.69, 9.17) is 9.16 Å². The molecule has 2 unspecified atom stereocenters. The Balaban J connectivity index is 2.14. The predicted molar refractivity (Wildman–Crippen MR) is 94.3 cm³/mol. The molecule has 3 nitrogen and oxygen atoms in total. The molecule has 5 heteroatoms. The van der Waals surface area contributed by atoms with E-state index in [9.17, 15) is 4.39 Å². The van der Waals surface area contributed by atoms with Crippen LogP contribution >= 0.6 is 0 Å². The lowest BCUT2D eigenvalue weighted by Crippen LogP contribution is -2.22. The summed E-state index contributed by atoms with van der Waals surface area (Å²) in [6.07, 6.45) is 5.82. The molecular weight excluding hydrogens is 321 g/mol. The van der Waals surface area contributed by atoms with Crippen molar-refractivity contribution in [1.82, 2.24) is 4.98 Å². The Morgan fingerprint density at radius 3 is 2.71 bits per heavy atom. The van der Waals surface area contributed by atoms with Gasteiger partial charge in [-0.15, -0.1) is 0 Å². The van der Waals surface area contributed by atoms with E-state index in [0.29, 0.717) is 17.9 Å². The zero-order chi connectivity index (χ0) is 17.2. The van der Waals surface area contributed by atoms with Crippen molar-refractivity contribution in [3.05, 3.63) is 54.4 Å². The van der Waals surface area contributed by atoms with Gasteiger partial charge in [-0.1, -0.05) is 44.4 Å². The molecule has 0 aliphatic carbocycles. The zero-order valence-electron chi connectivity index (χ0n) is 14.0. The van der Waals surface area contributed by atoms with Crippen molar-refractivity contribution in [1.29, 1.82) is 0 Å². The summed E-state index contributed by atoms with van der Waals surface area (Å²) in [7, 11) is 3.06. The number of hydrogen-bond acceptors (Lipinski definition) is 3. The lowest BCUT2D eigenvalue weighted by Gasteiger charge is -2.24. The number of benzene rings is 1. The molecule has 3 radical (unpaired) electrons. The highest BCUT2D eigenvalue weighted by Gasteiger charge is 2.26. The molecular formula is C19H23FNO2Si. The first kappa shape index (κ1) is 18.5. The van der Waals surface area contributed by atoms with Gasteiger partial charge in [0, 0.05) is 11.8 Å². The number of pyridine rings is 1. The number of rotatable bonds is 10. The minimum Gasteiger partial charge on any atom is -0.540 e. The fraction of sp³-hybridized carbons (Fsp3) is 0.421. The Labute approximate surface area is 146 Å². The first-order chi connectivity index (χ1) is 11.8. The SMILES string of the molecule is CCCCCC(F)C(COc1cccnc1)c1ccccc1O[Si]. The second kappa shape index (κ2) is 10.1. The van der Waals surface area contributed by atoms with E-state index in [1.807, 2.05) is 30.3 Å². The molecule has 0 N–H and O–H groups in total. The van der Waals surface area contributed by atoms with E-state index in [-0.39, 0.29) is 6.61 Å². The number of halogens is 1.